The summed E-state index contributed by atoms with van der Waals surface area (Å²) in [5.41, 5.74) is 2.42. The van der Waals surface area contributed by atoms with Crippen molar-refractivity contribution in [1.82, 2.24) is 4.98 Å². The Hall–Kier alpha value is -2.97. The van der Waals surface area contributed by atoms with E-state index in [1.54, 1.807) is 25.3 Å². The van der Waals surface area contributed by atoms with Gasteiger partial charge in [-0.1, -0.05) is 12.1 Å². The number of hydrogen-bond acceptors (Lipinski definition) is 6. The van der Waals surface area contributed by atoms with Crippen molar-refractivity contribution in [2.24, 2.45) is 0 Å². The van der Waals surface area contributed by atoms with Gasteiger partial charge in [0.15, 0.2) is 15.0 Å². The lowest BCUT2D eigenvalue weighted by Crippen LogP contribution is -2.07. The van der Waals surface area contributed by atoms with Gasteiger partial charge in [-0.05, 0) is 48.0 Å². The quantitative estimate of drug-likeness (QED) is 0.619. The zero-order valence-corrected chi connectivity index (χ0v) is 16.9. The van der Waals surface area contributed by atoms with Crippen LogP contribution < -0.4 is 10.1 Å². The summed E-state index contributed by atoms with van der Waals surface area (Å²) in [7, 11) is -1.62. The maximum absolute atomic E-state index is 12.1. The number of carbonyl (C=O) groups excluding carboxylic acids is 1. The highest BCUT2D eigenvalue weighted by Gasteiger charge is 2.08. The molecule has 0 spiro atoms. The minimum Gasteiger partial charge on any atom is -0.497 e. The van der Waals surface area contributed by atoms with E-state index in [2.05, 4.69) is 10.3 Å². The third-order valence-corrected chi connectivity index (χ3v) is 5.74. The average Bonchev–Trinajstić information content (AvgIpc) is 3.14. The lowest BCUT2D eigenvalue weighted by atomic mass is 10.2. The number of nitrogens with one attached hydrogen (secondary N) is 1. The molecule has 0 saturated heterocycles. The van der Waals surface area contributed by atoms with Gasteiger partial charge in [0.1, 0.15) is 5.75 Å². The standard InChI is InChI=1S/C20H18N2O4S2/c1-26-16-8-6-15(7-9-16)18-13-27-20(21-18)22-19(23)12-5-14-3-10-17(11-4-14)28(2,24)25/h3-13H,1-2H3,(H,21,22,23)/b12-5-. The molecule has 0 aliphatic carbocycles. The summed E-state index contributed by atoms with van der Waals surface area (Å²) >= 11 is 1.33. The number of thiazole rings is 1. The first kappa shape index (κ1) is 19.8. The fourth-order valence-corrected chi connectivity index (χ4v) is 3.72. The summed E-state index contributed by atoms with van der Waals surface area (Å²) in [5, 5.41) is 5.08. The number of amides is 1. The molecule has 1 amide bonds. The van der Waals surface area contributed by atoms with E-state index in [4.69, 9.17) is 4.74 Å². The molecular weight excluding hydrogens is 396 g/mol. The number of benzene rings is 2. The molecule has 2 aromatic carbocycles. The summed E-state index contributed by atoms with van der Waals surface area (Å²) in [5.74, 6) is 0.449. The number of nitrogens with zero attached hydrogens (tertiary/aromatic N) is 1. The Bertz CT molecular complexity index is 1100. The van der Waals surface area contributed by atoms with Crippen LogP contribution in [-0.2, 0) is 14.6 Å². The van der Waals surface area contributed by atoms with Gasteiger partial charge in [0.05, 0.1) is 17.7 Å². The number of ether oxygens (including phenoxy) is 1. The first-order chi connectivity index (χ1) is 13.3. The van der Waals surface area contributed by atoms with E-state index in [0.717, 1.165) is 28.8 Å². The summed E-state index contributed by atoms with van der Waals surface area (Å²) in [4.78, 5) is 16.8. The Labute approximate surface area is 167 Å². The molecule has 0 radical (unpaired) electrons. The third kappa shape index (κ3) is 5.05. The molecule has 28 heavy (non-hydrogen) atoms. The fraction of sp³-hybridized carbons (Fsp3) is 0.100. The van der Waals surface area contributed by atoms with Crippen LogP contribution in [-0.4, -0.2) is 32.7 Å². The van der Waals surface area contributed by atoms with Crippen LogP contribution >= 0.6 is 11.3 Å². The van der Waals surface area contributed by atoms with Gasteiger partial charge in [-0.25, -0.2) is 13.4 Å². The van der Waals surface area contributed by atoms with Crippen LogP contribution in [0, 0.1) is 0 Å². The summed E-state index contributed by atoms with van der Waals surface area (Å²) in [6, 6.07) is 13.8. The zero-order valence-electron chi connectivity index (χ0n) is 15.2. The molecule has 0 unspecified atom stereocenters. The Morgan fingerprint density at radius 1 is 1.11 bits per heavy atom. The van der Waals surface area contributed by atoms with E-state index in [-0.39, 0.29) is 10.8 Å². The van der Waals surface area contributed by atoms with Crippen molar-refractivity contribution < 1.29 is 17.9 Å². The predicted octanol–water partition coefficient (Wildman–Crippen LogP) is 3.87. The maximum atomic E-state index is 12.1. The Morgan fingerprint density at radius 3 is 2.39 bits per heavy atom. The van der Waals surface area contributed by atoms with Gasteiger partial charge in [-0.15, -0.1) is 11.3 Å². The topological polar surface area (TPSA) is 85.4 Å². The average molecular weight is 415 g/mol. The molecule has 1 N–H and O–H groups in total. The summed E-state index contributed by atoms with van der Waals surface area (Å²) < 4.78 is 28.0. The number of aromatic nitrogens is 1. The number of sulfone groups is 1. The molecule has 3 aromatic rings. The molecule has 144 valence electrons. The summed E-state index contributed by atoms with van der Waals surface area (Å²) in [6.07, 6.45) is 4.14. The van der Waals surface area contributed by atoms with Crippen molar-refractivity contribution in [2.75, 3.05) is 18.7 Å². The Kier molecular flexibility index (Phi) is 5.91. The number of carbonyl (C=O) groups is 1. The molecule has 0 aliphatic rings. The van der Waals surface area contributed by atoms with Gasteiger partial charge in [-0.2, -0.15) is 0 Å². The Balaban J connectivity index is 1.63. The monoisotopic (exact) mass is 414 g/mol. The minimum absolute atomic E-state index is 0.239. The van der Waals surface area contributed by atoms with Crippen LogP contribution in [0.15, 0.2) is 64.9 Å². The third-order valence-electron chi connectivity index (χ3n) is 3.86. The number of anilines is 1. The lowest BCUT2D eigenvalue weighted by Gasteiger charge is -2.01. The molecule has 0 bridgehead atoms. The molecule has 3 rings (SSSR count). The predicted molar refractivity (Wildman–Crippen MR) is 111 cm³/mol. The second kappa shape index (κ2) is 8.37. The van der Waals surface area contributed by atoms with E-state index in [0.29, 0.717) is 5.13 Å². The lowest BCUT2D eigenvalue weighted by molar-refractivity contribution is -0.111. The molecule has 0 atom stereocenters. The molecule has 0 saturated carbocycles. The highest BCUT2D eigenvalue weighted by Crippen LogP contribution is 2.26. The van der Waals surface area contributed by atoms with Crippen LogP contribution in [0.3, 0.4) is 0 Å². The van der Waals surface area contributed by atoms with Crippen LogP contribution in [0.5, 0.6) is 5.75 Å². The van der Waals surface area contributed by atoms with E-state index in [1.165, 1.54) is 29.5 Å². The number of methoxy groups -OCH3 is 1. The molecule has 1 aromatic heterocycles. The smallest absolute Gasteiger partial charge is 0.250 e. The first-order valence-electron chi connectivity index (χ1n) is 8.24. The van der Waals surface area contributed by atoms with Crippen molar-refractivity contribution >= 4 is 38.3 Å². The molecule has 8 heteroatoms. The summed E-state index contributed by atoms with van der Waals surface area (Å²) in [6.45, 7) is 0. The maximum Gasteiger partial charge on any atom is 0.250 e. The van der Waals surface area contributed by atoms with Crippen LogP contribution in [0.4, 0.5) is 5.13 Å². The van der Waals surface area contributed by atoms with Crippen molar-refractivity contribution in [2.45, 2.75) is 4.90 Å². The van der Waals surface area contributed by atoms with Gasteiger partial charge in [0.25, 0.3) is 0 Å². The van der Waals surface area contributed by atoms with Crippen molar-refractivity contribution in [3.8, 4) is 17.0 Å². The normalized spacial score (nSPS) is 11.5. The van der Waals surface area contributed by atoms with E-state index in [9.17, 15) is 13.2 Å². The molecule has 1 heterocycles. The van der Waals surface area contributed by atoms with Crippen LogP contribution in [0.25, 0.3) is 17.3 Å². The van der Waals surface area contributed by atoms with Gasteiger partial charge in [0, 0.05) is 23.3 Å². The molecule has 0 fully saturated rings. The SMILES string of the molecule is COc1ccc(-c2csc(NC(=O)/C=C\c3ccc(S(C)(=O)=O)cc3)n2)cc1. The fourth-order valence-electron chi connectivity index (χ4n) is 2.37. The number of rotatable bonds is 6. The van der Waals surface area contributed by atoms with Crippen LogP contribution in [0.2, 0.25) is 0 Å². The van der Waals surface area contributed by atoms with E-state index < -0.39 is 9.84 Å². The van der Waals surface area contributed by atoms with Crippen molar-refractivity contribution in [1.29, 1.82) is 0 Å². The molecule has 6 nitrogen and oxygen atoms in total. The van der Waals surface area contributed by atoms with Gasteiger partial charge in [-0.3, -0.25) is 10.1 Å². The largest absolute Gasteiger partial charge is 0.497 e. The highest BCUT2D eigenvalue weighted by molar-refractivity contribution is 7.90. The van der Waals surface area contributed by atoms with Crippen molar-refractivity contribution in [3.05, 3.63) is 65.6 Å². The van der Waals surface area contributed by atoms with Gasteiger partial charge in [0.2, 0.25) is 5.91 Å². The Morgan fingerprint density at radius 2 is 1.79 bits per heavy atom. The van der Waals surface area contributed by atoms with E-state index in [1.807, 2.05) is 29.6 Å². The number of hydrogen-bond donors (Lipinski definition) is 1. The van der Waals surface area contributed by atoms with Crippen molar-refractivity contribution in [3.63, 3.8) is 0 Å². The van der Waals surface area contributed by atoms with Gasteiger partial charge < -0.3 is 4.74 Å². The molecular formula is C20H18N2O4S2. The second-order valence-electron chi connectivity index (χ2n) is 5.93. The first-order valence-corrected chi connectivity index (χ1v) is 11.0. The molecule has 0 aliphatic heterocycles. The van der Waals surface area contributed by atoms with Crippen LogP contribution in [0.1, 0.15) is 5.56 Å². The van der Waals surface area contributed by atoms with E-state index >= 15 is 0 Å². The zero-order chi connectivity index (χ0) is 20.1. The minimum atomic E-state index is -3.23. The second-order valence-corrected chi connectivity index (χ2v) is 8.80. The highest BCUT2D eigenvalue weighted by atomic mass is 32.2. The van der Waals surface area contributed by atoms with Gasteiger partial charge >= 0.3 is 0 Å².